The first-order valence-electron chi connectivity index (χ1n) is 4.85. The zero-order valence-corrected chi connectivity index (χ0v) is 10.0. The van der Waals surface area contributed by atoms with E-state index in [1.54, 1.807) is 13.0 Å². The molecule has 0 aliphatic rings. The van der Waals surface area contributed by atoms with Gasteiger partial charge in [0.2, 0.25) is 0 Å². The van der Waals surface area contributed by atoms with Crippen LogP contribution in [0.15, 0.2) is 12.1 Å². The van der Waals surface area contributed by atoms with Crippen LogP contribution >= 0.6 is 11.6 Å². The number of alkyl halides is 2. The standard InChI is InChI=1S/C11H8ClF2NO3/c1-2-17-10(16)6-3-7(5-15)9(8(12)4-6)18-11(13)14/h3-4,11H,2H2,1H3. The van der Waals surface area contributed by atoms with Crippen LogP contribution in [0.2, 0.25) is 5.02 Å². The monoisotopic (exact) mass is 275 g/mol. The van der Waals surface area contributed by atoms with Gasteiger partial charge in [-0.05, 0) is 19.1 Å². The van der Waals surface area contributed by atoms with Crippen molar-refractivity contribution in [2.75, 3.05) is 6.61 Å². The molecule has 0 spiro atoms. The minimum Gasteiger partial charge on any atom is -0.462 e. The van der Waals surface area contributed by atoms with E-state index in [0.717, 1.165) is 12.1 Å². The lowest BCUT2D eigenvalue weighted by Gasteiger charge is -2.10. The molecule has 7 heteroatoms. The summed E-state index contributed by atoms with van der Waals surface area (Å²) in [5.74, 6) is -1.15. The summed E-state index contributed by atoms with van der Waals surface area (Å²) in [7, 11) is 0. The third kappa shape index (κ3) is 3.31. The molecule has 0 amide bonds. The molecule has 0 bridgehead atoms. The molecule has 0 aliphatic heterocycles. The number of nitriles is 1. The smallest absolute Gasteiger partial charge is 0.387 e. The Morgan fingerprint density at radius 1 is 1.56 bits per heavy atom. The van der Waals surface area contributed by atoms with E-state index in [0.29, 0.717) is 0 Å². The molecule has 0 saturated carbocycles. The normalized spacial score (nSPS) is 10.0. The summed E-state index contributed by atoms with van der Waals surface area (Å²) in [5, 5.41) is 8.55. The summed E-state index contributed by atoms with van der Waals surface area (Å²) in [6.45, 7) is -1.35. The van der Waals surface area contributed by atoms with Crippen LogP contribution < -0.4 is 4.74 Å². The quantitative estimate of drug-likeness (QED) is 0.793. The molecule has 0 aliphatic carbocycles. The van der Waals surface area contributed by atoms with Crippen LogP contribution in [0.1, 0.15) is 22.8 Å². The van der Waals surface area contributed by atoms with Crippen molar-refractivity contribution in [3.63, 3.8) is 0 Å². The topological polar surface area (TPSA) is 59.3 Å². The molecule has 0 saturated heterocycles. The number of nitrogens with zero attached hydrogens (tertiary/aromatic N) is 1. The van der Waals surface area contributed by atoms with Crippen molar-refractivity contribution in [3.05, 3.63) is 28.3 Å². The molecule has 18 heavy (non-hydrogen) atoms. The SMILES string of the molecule is CCOC(=O)c1cc(Cl)c(OC(F)F)c(C#N)c1. The largest absolute Gasteiger partial charge is 0.462 e. The summed E-state index contributed by atoms with van der Waals surface area (Å²) in [6, 6.07) is 3.82. The molecular weight excluding hydrogens is 268 g/mol. The number of ether oxygens (including phenoxy) is 2. The Labute approximate surface area is 107 Å². The minimum absolute atomic E-state index is 0.0000151. The second-order valence-electron chi connectivity index (χ2n) is 3.05. The van der Waals surface area contributed by atoms with Crippen LogP contribution in [0.5, 0.6) is 5.75 Å². The third-order valence-corrected chi connectivity index (χ3v) is 2.16. The van der Waals surface area contributed by atoms with E-state index < -0.39 is 18.3 Å². The highest BCUT2D eigenvalue weighted by Gasteiger charge is 2.18. The molecule has 0 unspecified atom stereocenters. The zero-order chi connectivity index (χ0) is 13.7. The Balaban J connectivity index is 3.19. The van der Waals surface area contributed by atoms with Gasteiger partial charge >= 0.3 is 12.6 Å². The first-order valence-corrected chi connectivity index (χ1v) is 5.23. The fourth-order valence-electron chi connectivity index (χ4n) is 1.22. The molecule has 1 aromatic rings. The maximum atomic E-state index is 12.1. The third-order valence-electron chi connectivity index (χ3n) is 1.88. The van der Waals surface area contributed by atoms with Crippen molar-refractivity contribution in [2.45, 2.75) is 13.5 Å². The van der Waals surface area contributed by atoms with Crippen LogP contribution in [-0.2, 0) is 4.74 Å². The summed E-state index contributed by atoms with van der Waals surface area (Å²) in [4.78, 5) is 11.4. The number of benzene rings is 1. The molecule has 0 radical (unpaired) electrons. The number of hydrogen-bond acceptors (Lipinski definition) is 4. The van der Waals surface area contributed by atoms with E-state index in [9.17, 15) is 13.6 Å². The molecule has 0 atom stereocenters. The lowest BCUT2D eigenvalue weighted by Crippen LogP contribution is -2.08. The average molecular weight is 276 g/mol. The van der Waals surface area contributed by atoms with Crippen LogP contribution in [0.4, 0.5) is 8.78 Å². The molecule has 96 valence electrons. The summed E-state index contributed by atoms with van der Waals surface area (Å²) in [5.41, 5.74) is -0.258. The minimum atomic E-state index is -3.11. The second-order valence-corrected chi connectivity index (χ2v) is 3.45. The maximum absolute atomic E-state index is 12.1. The first-order chi connectivity index (χ1) is 8.49. The van der Waals surface area contributed by atoms with Crippen molar-refractivity contribution >= 4 is 17.6 Å². The summed E-state index contributed by atoms with van der Waals surface area (Å²) in [6.07, 6.45) is 0. The number of rotatable bonds is 4. The van der Waals surface area contributed by atoms with Crippen LogP contribution in [0, 0.1) is 11.3 Å². The lowest BCUT2D eigenvalue weighted by atomic mass is 10.1. The second kappa shape index (κ2) is 6.17. The Bertz CT molecular complexity index is 500. The number of esters is 1. The van der Waals surface area contributed by atoms with Gasteiger partial charge in [0.25, 0.3) is 0 Å². The van der Waals surface area contributed by atoms with Gasteiger partial charge in [0.1, 0.15) is 6.07 Å². The Hall–Kier alpha value is -1.87. The first kappa shape index (κ1) is 14.2. The molecule has 0 N–H and O–H groups in total. The van der Waals surface area contributed by atoms with Gasteiger partial charge in [0, 0.05) is 0 Å². The van der Waals surface area contributed by atoms with E-state index >= 15 is 0 Å². The van der Waals surface area contributed by atoms with Crippen molar-refractivity contribution in [2.24, 2.45) is 0 Å². The van der Waals surface area contributed by atoms with Gasteiger partial charge < -0.3 is 9.47 Å². The van der Waals surface area contributed by atoms with E-state index in [1.807, 2.05) is 0 Å². The van der Waals surface area contributed by atoms with Gasteiger partial charge in [-0.1, -0.05) is 11.6 Å². The summed E-state index contributed by atoms with van der Waals surface area (Å²) >= 11 is 5.68. The Kier molecular flexibility index (Phi) is 4.86. The van der Waals surface area contributed by atoms with Crippen LogP contribution in [-0.4, -0.2) is 19.2 Å². The molecule has 0 fully saturated rings. The predicted molar refractivity (Wildman–Crippen MR) is 58.8 cm³/mol. The molecule has 1 aromatic carbocycles. The highest BCUT2D eigenvalue weighted by molar-refractivity contribution is 6.32. The van der Waals surface area contributed by atoms with Gasteiger partial charge in [0.05, 0.1) is 22.8 Å². The fraction of sp³-hybridized carbons (Fsp3) is 0.273. The van der Waals surface area contributed by atoms with Crippen molar-refractivity contribution in [1.82, 2.24) is 0 Å². The van der Waals surface area contributed by atoms with Crippen LogP contribution in [0.3, 0.4) is 0 Å². The van der Waals surface area contributed by atoms with Gasteiger partial charge in [-0.25, -0.2) is 4.79 Å². The summed E-state index contributed by atoms with van der Waals surface area (Å²) < 4.78 is 33.1. The van der Waals surface area contributed by atoms with Gasteiger partial charge in [0.15, 0.2) is 5.75 Å². The molecule has 0 heterocycles. The Morgan fingerprint density at radius 3 is 2.72 bits per heavy atom. The van der Waals surface area contributed by atoms with E-state index in [1.165, 1.54) is 0 Å². The molecule has 4 nitrogen and oxygen atoms in total. The maximum Gasteiger partial charge on any atom is 0.387 e. The van der Waals surface area contributed by atoms with E-state index in [2.05, 4.69) is 4.74 Å². The van der Waals surface area contributed by atoms with Gasteiger partial charge in [-0.3, -0.25) is 0 Å². The average Bonchev–Trinajstić information content (AvgIpc) is 2.31. The fourth-order valence-corrected chi connectivity index (χ4v) is 1.48. The van der Waals surface area contributed by atoms with Gasteiger partial charge in [-0.2, -0.15) is 14.0 Å². The van der Waals surface area contributed by atoms with Crippen LogP contribution in [0.25, 0.3) is 0 Å². The zero-order valence-electron chi connectivity index (χ0n) is 9.25. The number of carbonyl (C=O) groups is 1. The molecule has 1 rings (SSSR count). The van der Waals surface area contributed by atoms with Crippen molar-refractivity contribution in [1.29, 1.82) is 5.26 Å². The lowest BCUT2D eigenvalue weighted by molar-refractivity contribution is -0.0499. The number of hydrogen-bond donors (Lipinski definition) is 0. The number of halogens is 3. The molecular formula is C11H8ClF2NO3. The predicted octanol–water partition coefficient (Wildman–Crippen LogP) is 2.99. The van der Waals surface area contributed by atoms with E-state index in [4.69, 9.17) is 21.6 Å². The highest BCUT2D eigenvalue weighted by Crippen LogP contribution is 2.31. The highest BCUT2D eigenvalue weighted by atomic mass is 35.5. The van der Waals surface area contributed by atoms with E-state index in [-0.39, 0.29) is 22.8 Å². The van der Waals surface area contributed by atoms with Crippen molar-refractivity contribution in [3.8, 4) is 11.8 Å². The molecule has 0 aromatic heterocycles. The van der Waals surface area contributed by atoms with Gasteiger partial charge in [-0.15, -0.1) is 0 Å². The van der Waals surface area contributed by atoms with Crippen molar-refractivity contribution < 1.29 is 23.0 Å². The Morgan fingerprint density at radius 2 is 2.22 bits per heavy atom. The number of carbonyl (C=O) groups excluding carboxylic acids is 1.